The molecule has 19 nitrogen and oxygen atoms in total. The maximum absolute atomic E-state index is 12.3. The van der Waals surface area contributed by atoms with E-state index >= 15 is 0 Å². The van der Waals surface area contributed by atoms with Gasteiger partial charge in [-0.15, -0.1) is 0 Å². The van der Waals surface area contributed by atoms with Gasteiger partial charge in [0.05, 0.1) is 0 Å². The molecular weight excluding hydrogens is 640 g/mol. The Hall–Kier alpha value is -4.36. The molecule has 4 unspecified atom stereocenters. The van der Waals surface area contributed by atoms with Crippen LogP contribution in [-0.4, -0.2) is 122 Å². The first-order valence-corrected chi connectivity index (χ1v) is 14.2. The number of carbonyl (C=O) groups excluding carboxylic acids is 8. The Morgan fingerprint density at radius 1 is 0.383 bits per heavy atom. The average Bonchev–Trinajstić information content (AvgIpc) is 2.91. The molecule has 2 saturated heterocycles. The molecule has 47 heavy (non-hydrogen) atoms. The fraction of sp³-hybridized carbons (Fsp3) is 0.714. The monoisotopic (exact) mass is 678 g/mol. The predicted molar refractivity (Wildman–Crippen MR) is 145 cm³/mol. The molecule has 0 radical (unpaired) electrons. The van der Waals surface area contributed by atoms with Crippen LogP contribution in [0.2, 0.25) is 0 Å². The Morgan fingerprint density at radius 3 is 1.11 bits per heavy atom. The molecule has 2 aliphatic rings. The van der Waals surface area contributed by atoms with E-state index in [4.69, 9.17) is 52.1 Å². The number of rotatable bonds is 12. The molecule has 0 aromatic carbocycles. The van der Waals surface area contributed by atoms with Gasteiger partial charge in [-0.25, -0.2) is 0 Å². The van der Waals surface area contributed by atoms with Crippen molar-refractivity contribution in [3.63, 3.8) is 0 Å². The van der Waals surface area contributed by atoms with Gasteiger partial charge in [-0.1, -0.05) is 0 Å². The Labute approximate surface area is 268 Å². The van der Waals surface area contributed by atoms with E-state index in [0.717, 1.165) is 55.4 Å². The fourth-order valence-corrected chi connectivity index (χ4v) is 4.73. The maximum atomic E-state index is 12.3. The second-order valence-corrected chi connectivity index (χ2v) is 10.3. The largest absolute Gasteiger partial charge is 0.463 e. The number of hydrogen-bond acceptors (Lipinski definition) is 19. The molecule has 0 bridgehead atoms. The minimum atomic E-state index is -1.83. The van der Waals surface area contributed by atoms with Crippen molar-refractivity contribution in [1.82, 2.24) is 0 Å². The summed E-state index contributed by atoms with van der Waals surface area (Å²) in [6, 6.07) is 0. The van der Waals surface area contributed by atoms with Crippen molar-refractivity contribution in [3.8, 4) is 0 Å². The lowest BCUT2D eigenvalue weighted by Crippen LogP contribution is -2.67. The highest BCUT2D eigenvalue weighted by Crippen LogP contribution is 2.35. The number of hydrogen-bond donors (Lipinski definition) is 0. The van der Waals surface area contributed by atoms with Crippen molar-refractivity contribution in [3.05, 3.63) is 0 Å². The summed E-state index contributed by atoms with van der Waals surface area (Å²) in [6.45, 7) is 7.05. The average molecular weight is 679 g/mol. The molecule has 0 aromatic rings. The van der Waals surface area contributed by atoms with Crippen molar-refractivity contribution in [2.24, 2.45) is 0 Å². The summed E-state index contributed by atoms with van der Waals surface area (Å²) in [5.41, 5.74) is 0. The lowest BCUT2D eigenvalue weighted by atomic mass is 9.96. The quantitative estimate of drug-likeness (QED) is 0.181. The Balaban J connectivity index is 2.73. The van der Waals surface area contributed by atoms with Gasteiger partial charge in [0.2, 0.25) is 12.4 Å². The van der Waals surface area contributed by atoms with Crippen LogP contribution in [0.4, 0.5) is 0 Å². The number of carbonyl (C=O) groups is 8. The molecule has 2 aliphatic heterocycles. The normalized spacial score (nSPS) is 30.0. The zero-order valence-electron chi connectivity index (χ0n) is 26.9. The predicted octanol–water partition coefficient (Wildman–Crippen LogP) is -0.831. The summed E-state index contributed by atoms with van der Waals surface area (Å²) in [7, 11) is 0. The van der Waals surface area contributed by atoms with Crippen LogP contribution in [0.5, 0.6) is 0 Å². The van der Waals surface area contributed by atoms with Crippen LogP contribution in [0.1, 0.15) is 55.4 Å². The first-order valence-electron chi connectivity index (χ1n) is 14.2. The first kappa shape index (κ1) is 38.8. The van der Waals surface area contributed by atoms with E-state index in [1.165, 1.54) is 0 Å². The summed E-state index contributed by atoms with van der Waals surface area (Å²) >= 11 is 0. The summed E-state index contributed by atoms with van der Waals surface area (Å²) in [6.07, 6.45) is -16.3. The molecule has 0 aliphatic carbocycles. The minimum Gasteiger partial charge on any atom is -0.463 e. The van der Waals surface area contributed by atoms with E-state index in [2.05, 4.69) is 0 Å². The summed E-state index contributed by atoms with van der Waals surface area (Å²) in [5.74, 6) is -7.02. The van der Waals surface area contributed by atoms with E-state index in [9.17, 15) is 38.4 Å². The highest BCUT2D eigenvalue weighted by molar-refractivity contribution is 5.70. The van der Waals surface area contributed by atoms with Gasteiger partial charge in [0, 0.05) is 55.4 Å². The van der Waals surface area contributed by atoms with Gasteiger partial charge in [-0.05, 0) is 0 Å². The van der Waals surface area contributed by atoms with Crippen LogP contribution in [0.25, 0.3) is 0 Å². The molecule has 2 fully saturated rings. The molecule has 0 N–H and O–H groups in total. The van der Waals surface area contributed by atoms with Crippen LogP contribution >= 0.6 is 0 Å². The fourth-order valence-electron chi connectivity index (χ4n) is 4.73. The Kier molecular flexibility index (Phi) is 14.5. The van der Waals surface area contributed by atoms with Gasteiger partial charge in [-0.3, -0.25) is 38.4 Å². The molecule has 0 amide bonds. The third kappa shape index (κ3) is 12.1. The zero-order valence-corrected chi connectivity index (χ0v) is 26.9. The van der Waals surface area contributed by atoms with E-state index < -0.39 is 122 Å². The Bertz CT molecular complexity index is 1200. The topological polar surface area (TPSA) is 238 Å². The number of esters is 8. The minimum absolute atomic E-state index is 0.590. The van der Waals surface area contributed by atoms with Gasteiger partial charge in [-0.2, -0.15) is 0 Å². The van der Waals surface area contributed by atoms with Crippen LogP contribution in [0.15, 0.2) is 0 Å². The van der Waals surface area contributed by atoms with Crippen molar-refractivity contribution in [2.75, 3.05) is 13.2 Å². The van der Waals surface area contributed by atoms with Crippen molar-refractivity contribution in [1.29, 1.82) is 0 Å². The van der Waals surface area contributed by atoms with Crippen LogP contribution < -0.4 is 0 Å². The van der Waals surface area contributed by atoms with Crippen LogP contribution in [0, 0.1) is 0 Å². The molecule has 2 rings (SSSR count). The molecule has 2 heterocycles. The summed E-state index contributed by atoms with van der Waals surface area (Å²) in [4.78, 5) is 96.3. The molecule has 19 heteroatoms. The third-order valence-corrected chi connectivity index (χ3v) is 6.17. The maximum Gasteiger partial charge on any atom is 0.305 e. The van der Waals surface area contributed by atoms with E-state index in [-0.39, 0.29) is 0 Å². The summed E-state index contributed by atoms with van der Waals surface area (Å²) < 4.78 is 60.2. The summed E-state index contributed by atoms with van der Waals surface area (Å²) in [5, 5.41) is 0. The first-order chi connectivity index (χ1) is 21.9. The van der Waals surface area contributed by atoms with Gasteiger partial charge >= 0.3 is 47.8 Å². The SMILES string of the molecule is CC(=O)OCC1O[C@H](O[C@@H]2C(COC(C)=O)O[C@H](OC(C)=O)C(OC(C)=O)[C@@H]2OC(C)=O)C(OC(C)=O)[C@@H](OC(C)=O)[C@@H]1OC(C)=O. The second kappa shape index (κ2) is 17.5. The lowest BCUT2D eigenvalue weighted by molar-refractivity contribution is -0.357. The van der Waals surface area contributed by atoms with Gasteiger partial charge < -0.3 is 52.1 Å². The molecule has 10 atom stereocenters. The highest BCUT2D eigenvalue weighted by atomic mass is 16.8. The zero-order chi connectivity index (χ0) is 35.6. The third-order valence-electron chi connectivity index (χ3n) is 6.17. The van der Waals surface area contributed by atoms with Gasteiger partial charge in [0.15, 0.2) is 30.7 Å². The molecule has 0 aromatic heterocycles. The second-order valence-electron chi connectivity index (χ2n) is 10.3. The number of ether oxygens (including phenoxy) is 11. The Morgan fingerprint density at radius 2 is 0.702 bits per heavy atom. The van der Waals surface area contributed by atoms with E-state index in [1.807, 2.05) is 0 Å². The van der Waals surface area contributed by atoms with Crippen molar-refractivity contribution < 1.29 is 90.5 Å². The highest BCUT2D eigenvalue weighted by Gasteiger charge is 2.58. The van der Waals surface area contributed by atoms with Crippen molar-refractivity contribution >= 4 is 47.8 Å². The molecule has 0 spiro atoms. The van der Waals surface area contributed by atoms with Crippen LogP contribution in [0.3, 0.4) is 0 Å². The molecular formula is C28H38O19. The smallest absolute Gasteiger partial charge is 0.305 e. The van der Waals surface area contributed by atoms with Gasteiger partial charge in [0.25, 0.3) is 0 Å². The van der Waals surface area contributed by atoms with Crippen molar-refractivity contribution in [2.45, 2.75) is 117 Å². The molecule has 264 valence electrons. The van der Waals surface area contributed by atoms with Crippen LogP contribution in [-0.2, 0) is 90.5 Å². The van der Waals surface area contributed by atoms with E-state index in [0.29, 0.717) is 0 Å². The van der Waals surface area contributed by atoms with Gasteiger partial charge in [0.1, 0.15) is 31.5 Å². The molecule has 0 saturated carbocycles. The lowest BCUT2D eigenvalue weighted by Gasteiger charge is -2.48. The standard InChI is InChI=1S/C28H38O19/c1-11(29)37-9-19-21(39-13(3)31)23(40-14(4)32)26(43-17(7)35)28(46-19)47-22-20(10-38-12(2)30)45-27(44-18(8)36)25(42-16(6)34)24(22)41-15(5)33/h19-28H,9-10H2,1-8H3/t19?,20?,21-,22-,23+,24-,25?,26?,27+,28-/m1/s1. The van der Waals surface area contributed by atoms with E-state index in [1.54, 1.807) is 0 Å².